The average Bonchev–Trinajstić information content (AvgIpc) is 2.67. The zero-order valence-electron chi connectivity index (χ0n) is 9.25. The summed E-state index contributed by atoms with van der Waals surface area (Å²) in [7, 11) is 0. The lowest BCUT2D eigenvalue weighted by Crippen LogP contribution is -2.10. The van der Waals surface area contributed by atoms with E-state index < -0.39 is 35.0 Å². The fourth-order valence-corrected chi connectivity index (χ4v) is 1.86. The maximum Gasteiger partial charge on any atom is 0.435 e. The standard InChI is InChI=1S/C11H7ClF4N2O/c12-10-6(5-19)9(11(14,15)16)17-18(10)8-4-2-1-3-7(8)13/h1-4,19H,5H2. The van der Waals surface area contributed by atoms with Crippen molar-refractivity contribution in [3.63, 3.8) is 0 Å². The molecule has 1 aromatic heterocycles. The molecule has 0 bridgehead atoms. The third kappa shape index (κ3) is 2.43. The molecule has 1 heterocycles. The molecule has 3 nitrogen and oxygen atoms in total. The third-order valence-electron chi connectivity index (χ3n) is 2.43. The Bertz CT molecular complexity index is 609. The van der Waals surface area contributed by atoms with Gasteiger partial charge in [-0.2, -0.15) is 18.3 Å². The van der Waals surface area contributed by atoms with Gasteiger partial charge in [-0.25, -0.2) is 9.07 Å². The summed E-state index contributed by atoms with van der Waals surface area (Å²) in [6, 6.07) is 5.12. The van der Waals surface area contributed by atoms with Crippen molar-refractivity contribution in [1.82, 2.24) is 9.78 Å². The van der Waals surface area contributed by atoms with Gasteiger partial charge in [0, 0.05) is 5.56 Å². The van der Waals surface area contributed by atoms with E-state index in [1.54, 1.807) is 0 Å². The van der Waals surface area contributed by atoms with Gasteiger partial charge in [-0.15, -0.1) is 0 Å². The molecule has 0 amide bonds. The number of hydrogen-bond acceptors (Lipinski definition) is 2. The Labute approximate surface area is 110 Å². The van der Waals surface area contributed by atoms with Gasteiger partial charge in [-0.3, -0.25) is 0 Å². The van der Waals surface area contributed by atoms with E-state index in [1.807, 2.05) is 0 Å². The van der Waals surface area contributed by atoms with Crippen LogP contribution in [0, 0.1) is 5.82 Å². The van der Waals surface area contributed by atoms with Gasteiger partial charge in [0.05, 0.1) is 6.61 Å². The lowest BCUT2D eigenvalue weighted by Gasteiger charge is -2.04. The molecule has 0 atom stereocenters. The van der Waals surface area contributed by atoms with E-state index in [9.17, 15) is 17.6 Å². The van der Waals surface area contributed by atoms with Gasteiger partial charge in [0.1, 0.15) is 16.7 Å². The summed E-state index contributed by atoms with van der Waals surface area (Å²) in [5, 5.41) is 11.7. The van der Waals surface area contributed by atoms with Crippen LogP contribution in [0.3, 0.4) is 0 Å². The first-order chi connectivity index (χ1) is 8.86. The summed E-state index contributed by atoms with van der Waals surface area (Å²) in [5.74, 6) is -0.773. The minimum absolute atomic E-state index is 0.224. The monoisotopic (exact) mass is 294 g/mol. The number of nitrogens with zero attached hydrogens (tertiary/aromatic N) is 2. The van der Waals surface area contributed by atoms with Crippen molar-refractivity contribution in [3.05, 3.63) is 46.5 Å². The first kappa shape index (κ1) is 13.8. The molecule has 2 rings (SSSR count). The lowest BCUT2D eigenvalue weighted by molar-refractivity contribution is -0.142. The average molecular weight is 295 g/mol. The summed E-state index contributed by atoms with van der Waals surface area (Å²) >= 11 is 5.72. The molecule has 0 unspecified atom stereocenters. The Morgan fingerprint density at radius 1 is 1.26 bits per heavy atom. The normalized spacial score (nSPS) is 11.9. The van der Waals surface area contributed by atoms with Gasteiger partial charge in [0.15, 0.2) is 5.69 Å². The van der Waals surface area contributed by atoms with Gasteiger partial charge in [0.2, 0.25) is 0 Å². The highest BCUT2D eigenvalue weighted by atomic mass is 35.5. The van der Waals surface area contributed by atoms with Crippen LogP contribution in [0.2, 0.25) is 5.15 Å². The van der Waals surface area contributed by atoms with Crippen LogP contribution in [-0.4, -0.2) is 14.9 Å². The minimum atomic E-state index is -4.78. The predicted molar refractivity (Wildman–Crippen MR) is 59.5 cm³/mol. The SMILES string of the molecule is OCc1c(C(F)(F)F)nn(-c2ccccc2F)c1Cl. The molecular weight excluding hydrogens is 288 g/mol. The topological polar surface area (TPSA) is 38.1 Å². The van der Waals surface area contributed by atoms with E-state index >= 15 is 0 Å². The van der Waals surface area contributed by atoms with Crippen molar-refractivity contribution in [1.29, 1.82) is 0 Å². The van der Waals surface area contributed by atoms with E-state index in [-0.39, 0.29) is 5.69 Å². The Morgan fingerprint density at radius 2 is 1.89 bits per heavy atom. The Balaban J connectivity index is 2.67. The summed E-state index contributed by atoms with van der Waals surface area (Å²) < 4.78 is 52.3. The first-order valence-corrected chi connectivity index (χ1v) is 5.44. The maximum atomic E-state index is 13.5. The van der Waals surface area contributed by atoms with Crippen molar-refractivity contribution in [2.45, 2.75) is 12.8 Å². The maximum absolute atomic E-state index is 13.5. The number of benzene rings is 1. The summed E-state index contributed by atoms with van der Waals surface area (Å²) in [6.45, 7) is -0.942. The van der Waals surface area contributed by atoms with E-state index in [1.165, 1.54) is 18.2 Å². The number of para-hydroxylation sites is 1. The van der Waals surface area contributed by atoms with E-state index in [0.29, 0.717) is 4.68 Å². The van der Waals surface area contributed by atoms with Gasteiger partial charge in [-0.1, -0.05) is 23.7 Å². The Morgan fingerprint density at radius 3 is 2.37 bits per heavy atom. The third-order valence-corrected chi connectivity index (χ3v) is 2.82. The number of aliphatic hydroxyl groups excluding tert-OH is 1. The fourth-order valence-electron chi connectivity index (χ4n) is 1.58. The van der Waals surface area contributed by atoms with Gasteiger partial charge in [-0.05, 0) is 12.1 Å². The number of halogens is 5. The van der Waals surface area contributed by atoms with Crippen molar-refractivity contribution < 1.29 is 22.7 Å². The quantitative estimate of drug-likeness (QED) is 0.864. The first-order valence-electron chi connectivity index (χ1n) is 5.06. The molecule has 102 valence electrons. The number of aromatic nitrogens is 2. The van der Waals surface area contributed by atoms with Crippen molar-refractivity contribution in [3.8, 4) is 5.69 Å². The molecule has 19 heavy (non-hydrogen) atoms. The van der Waals surface area contributed by atoms with Crippen LogP contribution < -0.4 is 0 Å². The summed E-state index contributed by atoms with van der Waals surface area (Å²) in [6.07, 6.45) is -4.78. The summed E-state index contributed by atoms with van der Waals surface area (Å²) in [4.78, 5) is 0. The second-order valence-electron chi connectivity index (χ2n) is 3.64. The highest BCUT2D eigenvalue weighted by Gasteiger charge is 2.39. The minimum Gasteiger partial charge on any atom is -0.391 e. The zero-order valence-corrected chi connectivity index (χ0v) is 10.0. The van der Waals surface area contributed by atoms with Gasteiger partial charge >= 0.3 is 6.18 Å². The van der Waals surface area contributed by atoms with Gasteiger partial charge < -0.3 is 5.11 Å². The molecule has 0 fully saturated rings. The van der Waals surface area contributed by atoms with Crippen LogP contribution in [0.25, 0.3) is 5.69 Å². The number of rotatable bonds is 2. The van der Waals surface area contributed by atoms with Crippen LogP contribution in [0.1, 0.15) is 11.3 Å². The van der Waals surface area contributed by atoms with Crippen molar-refractivity contribution in [2.75, 3.05) is 0 Å². The highest BCUT2D eigenvalue weighted by molar-refractivity contribution is 6.30. The van der Waals surface area contributed by atoms with E-state index in [2.05, 4.69) is 5.10 Å². The van der Waals surface area contributed by atoms with E-state index in [4.69, 9.17) is 16.7 Å². The summed E-state index contributed by atoms with van der Waals surface area (Å²) in [5.41, 5.74) is -2.14. The molecular formula is C11H7ClF4N2O. The fraction of sp³-hybridized carbons (Fsp3) is 0.182. The molecule has 0 spiro atoms. The van der Waals surface area contributed by atoms with Crippen LogP contribution >= 0.6 is 11.6 Å². The molecule has 8 heteroatoms. The predicted octanol–water partition coefficient (Wildman–Crippen LogP) is 3.18. The number of aliphatic hydroxyl groups is 1. The molecule has 0 saturated heterocycles. The molecule has 0 aliphatic heterocycles. The molecule has 1 aromatic carbocycles. The molecule has 0 aliphatic carbocycles. The Kier molecular flexibility index (Phi) is 3.51. The van der Waals surface area contributed by atoms with Crippen LogP contribution in [-0.2, 0) is 12.8 Å². The van der Waals surface area contributed by atoms with E-state index in [0.717, 1.165) is 6.07 Å². The lowest BCUT2D eigenvalue weighted by atomic mass is 10.2. The molecule has 1 N–H and O–H groups in total. The molecule has 0 saturated carbocycles. The largest absolute Gasteiger partial charge is 0.435 e. The highest BCUT2D eigenvalue weighted by Crippen LogP contribution is 2.35. The number of hydrogen-bond donors (Lipinski definition) is 1. The van der Waals surface area contributed by atoms with Gasteiger partial charge in [0.25, 0.3) is 0 Å². The second-order valence-corrected chi connectivity index (χ2v) is 4.00. The van der Waals surface area contributed by atoms with Crippen LogP contribution in [0.15, 0.2) is 24.3 Å². The molecule has 0 aliphatic rings. The zero-order chi connectivity index (χ0) is 14.2. The second kappa shape index (κ2) is 4.82. The Hall–Kier alpha value is -1.60. The molecule has 0 radical (unpaired) electrons. The number of alkyl halides is 3. The van der Waals surface area contributed by atoms with Crippen molar-refractivity contribution >= 4 is 11.6 Å². The van der Waals surface area contributed by atoms with Crippen molar-refractivity contribution in [2.24, 2.45) is 0 Å². The molecule has 2 aromatic rings. The van der Waals surface area contributed by atoms with Crippen LogP contribution in [0.5, 0.6) is 0 Å². The smallest absolute Gasteiger partial charge is 0.391 e. The van der Waals surface area contributed by atoms with Crippen LogP contribution in [0.4, 0.5) is 17.6 Å².